The van der Waals surface area contributed by atoms with Crippen molar-refractivity contribution in [2.45, 2.75) is 46.1 Å². The zero-order chi connectivity index (χ0) is 14.4. The van der Waals surface area contributed by atoms with Crippen molar-refractivity contribution in [3.8, 4) is 0 Å². The molecule has 0 fully saturated rings. The van der Waals surface area contributed by atoms with E-state index in [0.29, 0.717) is 16.1 Å². The molecule has 0 radical (unpaired) electrons. The van der Waals surface area contributed by atoms with E-state index in [1.54, 1.807) is 0 Å². The second kappa shape index (κ2) is 7.71. The lowest BCUT2D eigenvalue weighted by atomic mass is 10.0. The Kier molecular flexibility index (Phi) is 6.59. The van der Waals surface area contributed by atoms with E-state index in [1.807, 2.05) is 18.2 Å². The molecule has 0 aliphatic rings. The lowest BCUT2D eigenvalue weighted by molar-refractivity contribution is 0.520. The Labute approximate surface area is 126 Å². The summed E-state index contributed by atoms with van der Waals surface area (Å²) in [7, 11) is 0. The number of anilines is 1. The SMILES string of the molecule is CC(C)CCCC(C)Nc1cc(Cl)ccc1C(N)=S. The van der Waals surface area contributed by atoms with Gasteiger partial charge in [-0.05, 0) is 37.5 Å². The second-order valence-electron chi connectivity index (χ2n) is 5.42. The third-order valence-corrected chi connectivity index (χ3v) is 3.52. The van der Waals surface area contributed by atoms with Gasteiger partial charge in [-0.25, -0.2) is 0 Å². The van der Waals surface area contributed by atoms with Gasteiger partial charge in [0.1, 0.15) is 4.99 Å². The summed E-state index contributed by atoms with van der Waals surface area (Å²) >= 11 is 11.1. The molecule has 106 valence electrons. The Bertz CT molecular complexity index is 432. The van der Waals surface area contributed by atoms with E-state index in [4.69, 9.17) is 29.6 Å². The molecule has 0 bridgehead atoms. The molecule has 1 aromatic carbocycles. The van der Waals surface area contributed by atoms with E-state index in [2.05, 4.69) is 26.1 Å². The summed E-state index contributed by atoms with van der Waals surface area (Å²) in [5.74, 6) is 0.755. The van der Waals surface area contributed by atoms with Crippen molar-refractivity contribution in [3.05, 3.63) is 28.8 Å². The first-order chi connectivity index (χ1) is 8.90. The fraction of sp³-hybridized carbons (Fsp3) is 0.533. The standard InChI is InChI=1S/C15H23ClN2S/c1-10(2)5-4-6-11(3)18-14-9-12(16)7-8-13(14)15(17)19/h7-11,18H,4-6H2,1-3H3,(H2,17,19). The molecule has 1 rings (SSSR count). The lowest BCUT2D eigenvalue weighted by Crippen LogP contribution is -2.19. The van der Waals surface area contributed by atoms with Crippen LogP contribution in [0.1, 0.15) is 45.6 Å². The number of rotatable bonds is 7. The van der Waals surface area contributed by atoms with Crippen molar-refractivity contribution >= 4 is 34.5 Å². The number of halogens is 1. The van der Waals surface area contributed by atoms with E-state index in [-0.39, 0.29) is 0 Å². The lowest BCUT2D eigenvalue weighted by Gasteiger charge is -2.18. The minimum absolute atomic E-state index is 0.380. The van der Waals surface area contributed by atoms with Gasteiger partial charge in [0, 0.05) is 22.3 Å². The molecule has 4 heteroatoms. The zero-order valence-electron chi connectivity index (χ0n) is 11.9. The van der Waals surface area contributed by atoms with Gasteiger partial charge in [0.25, 0.3) is 0 Å². The average molecular weight is 299 g/mol. The van der Waals surface area contributed by atoms with E-state index in [0.717, 1.165) is 23.6 Å². The van der Waals surface area contributed by atoms with Crippen LogP contribution in [0, 0.1) is 5.92 Å². The van der Waals surface area contributed by atoms with Gasteiger partial charge in [-0.2, -0.15) is 0 Å². The molecule has 0 aromatic heterocycles. The molecule has 0 amide bonds. The summed E-state index contributed by atoms with van der Waals surface area (Å²) < 4.78 is 0. The summed E-state index contributed by atoms with van der Waals surface area (Å²) in [6, 6.07) is 5.94. The predicted octanol–water partition coefficient (Wildman–Crippen LogP) is 4.60. The summed E-state index contributed by atoms with van der Waals surface area (Å²) in [5, 5.41) is 4.15. The summed E-state index contributed by atoms with van der Waals surface area (Å²) in [5.41, 5.74) is 7.51. The van der Waals surface area contributed by atoms with E-state index >= 15 is 0 Å². The van der Waals surface area contributed by atoms with Crippen molar-refractivity contribution in [2.75, 3.05) is 5.32 Å². The van der Waals surface area contributed by atoms with Crippen molar-refractivity contribution in [2.24, 2.45) is 11.7 Å². The molecule has 1 atom stereocenters. The molecule has 0 saturated carbocycles. The molecule has 2 nitrogen and oxygen atoms in total. The Balaban J connectivity index is 2.65. The Morgan fingerprint density at radius 1 is 1.32 bits per heavy atom. The van der Waals surface area contributed by atoms with Crippen LogP contribution in [0.2, 0.25) is 5.02 Å². The van der Waals surface area contributed by atoms with Crippen LogP contribution >= 0.6 is 23.8 Å². The Morgan fingerprint density at radius 2 is 2.00 bits per heavy atom. The maximum atomic E-state index is 6.03. The number of hydrogen-bond donors (Lipinski definition) is 2. The van der Waals surface area contributed by atoms with Gasteiger partial charge < -0.3 is 11.1 Å². The second-order valence-corrected chi connectivity index (χ2v) is 6.30. The van der Waals surface area contributed by atoms with Crippen molar-refractivity contribution in [1.82, 2.24) is 0 Å². The molecule has 0 heterocycles. The molecular formula is C15H23ClN2S. The maximum absolute atomic E-state index is 6.03. The van der Waals surface area contributed by atoms with Crippen LogP contribution in [0.15, 0.2) is 18.2 Å². The molecule has 0 aliphatic carbocycles. The highest BCUT2D eigenvalue weighted by atomic mass is 35.5. The van der Waals surface area contributed by atoms with Crippen LogP contribution in [-0.4, -0.2) is 11.0 Å². The van der Waals surface area contributed by atoms with Gasteiger partial charge in [-0.3, -0.25) is 0 Å². The number of nitrogens with one attached hydrogen (secondary N) is 1. The van der Waals surface area contributed by atoms with Gasteiger partial charge in [-0.1, -0.05) is 50.5 Å². The van der Waals surface area contributed by atoms with Gasteiger partial charge in [-0.15, -0.1) is 0 Å². The fourth-order valence-corrected chi connectivity index (χ4v) is 2.37. The highest BCUT2D eigenvalue weighted by Gasteiger charge is 2.09. The molecule has 0 spiro atoms. The molecule has 0 aliphatic heterocycles. The molecule has 19 heavy (non-hydrogen) atoms. The maximum Gasteiger partial charge on any atom is 0.106 e. The quantitative estimate of drug-likeness (QED) is 0.722. The highest BCUT2D eigenvalue weighted by Crippen LogP contribution is 2.23. The van der Waals surface area contributed by atoms with Gasteiger partial charge >= 0.3 is 0 Å². The third kappa shape index (κ3) is 5.79. The van der Waals surface area contributed by atoms with Gasteiger partial charge in [0.2, 0.25) is 0 Å². The molecule has 3 N–H and O–H groups in total. The van der Waals surface area contributed by atoms with Crippen LogP contribution in [0.3, 0.4) is 0 Å². The first-order valence-corrected chi connectivity index (χ1v) is 7.54. The van der Waals surface area contributed by atoms with Crippen LogP contribution in [0.4, 0.5) is 5.69 Å². The average Bonchev–Trinajstić information content (AvgIpc) is 2.27. The zero-order valence-corrected chi connectivity index (χ0v) is 13.4. The molecule has 1 aromatic rings. The van der Waals surface area contributed by atoms with Gasteiger partial charge in [0.05, 0.1) is 0 Å². The summed E-state index contributed by atoms with van der Waals surface area (Å²) in [6.07, 6.45) is 3.60. The molecule has 1 unspecified atom stereocenters. The largest absolute Gasteiger partial charge is 0.389 e. The topological polar surface area (TPSA) is 38.0 Å². The van der Waals surface area contributed by atoms with Crippen LogP contribution in [0.5, 0.6) is 0 Å². The predicted molar refractivity (Wildman–Crippen MR) is 89.1 cm³/mol. The number of nitrogens with two attached hydrogens (primary N) is 1. The monoisotopic (exact) mass is 298 g/mol. The molecular weight excluding hydrogens is 276 g/mol. The van der Waals surface area contributed by atoms with Crippen LogP contribution < -0.4 is 11.1 Å². The van der Waals surface area contributed by atoms with E-state index in [9.17, 15) is 0 Å². The fourth-order valence-electron chi connectivity index (χ4n) is 2.02. The Morgan fingerprint density at radius 3 is 2.58 bits per heavy atom. The van der Waals surface area contributed by atoms with E-state index < -0.39 is 0 Å². The molecule has 0 saturated heterocycles. The van der Waals surface area contributed by atoms with Crippen LogP contribution in [0.25, 0.3) is 0 Å². The number of hydrogen-bond acceptors (Lipinski definition) is 2. The van der Waals surface area contributed by atoms with Gasteiger partial charge in [0.15, 0.2) is 0 Å². The Hall–Kier alpha value is -0.800. The van der Waals surface area contributed by atoms with Crippen molar-refractivity contribution < 1.29 is 0 Å². The first-order valence-electron chi connectivity index (χ1n) is 6.76. The summed E-state index contributed by atoms with van der Waals surface area (Å²) in [4.78, 5) is 0.397. The number of thiocarbonyl (C=S) groups is 1. The first kappa shape index (κ1) is 16.3. The third-order valence-electron chi connectivity index (χ3n) is 3.07. The highest BCUT2D eigenvalue weighted by molar-refractivity contribution is 7.80. The van der Waals surface area contributed by atoms with Crippen molar-refractivity contribution in [1.29, 1.82) is 0 Å². The summed E-state index contributed by atoms with van der Waals surface area (Å²) in [6.45, 7) is 6.67. The minimum atomic E-state index is 0.380. The minimum Gasteiger partial charge on any atom is -0.389 e. The van der Waals surface area contributed by atoms with Crippen LogP contribution in [-0.2, 0) is 0 Å². The van der Waals surface area contributed by atoms with Crippen molar-refractivity contribution in [3.63, 3.8) is 0 Å². The normalized spacial score (nSPS) is 12.5. The van der Waals surface area contributed by atoms with E-state index in [1.165, 1.54) is 12.8 Å². The smallest absolute Gasteiger partial charge is 0.106 e. The number of benzene rings is 1.